The summed E-state index contributed by atoms with van der Waals surface area (Å²) in [5, 5.41) is 6.72. The first-order valence-corrected chi connectivity index (χ1v) is 11.0. The third kappa shape index (κ3) is 3.38. The van der Waals surface area contributed by atoms with Gasteiger partial charge >= 0.3 is 0 Å². The summed E-state index contributed by atoms with van der Waals surface area (Å²) < 4.78 is 31.0. The molecule has 1 atom stereocenters. The van der Waals surface area contributed by atoms with Crippen molar-refractivity contribution < 1.29 is 13.2 Å². The van der Waals surface area contributed by atoms with Crippen molar-refractivity contribution >= 4 is 21.2 Å². The van der Waals surface area contributed by atoms with E-state index in [0.717, 1.165) is 43.4 Å². The number of nitrogens with zero attached hydrogens (tertiary/aromatic N) is 4. The number of ether oxygens (including phenoxy) is 1. The zero-order valence-corrected chi connectivity index (χ0v) is 14.9. The predicted octanol–water partition coefficient (Wildman–Crippen LogP) is 1.58. The summed E-state index contributed by atoms with van der Waals surface area (Å²) in [6.07, 6.45) is 3.05. The molecule has 0 N–H and O–H groups in total. The van der Waals surface area contributed by atoms with Crippen LogP contribution in [-0.4, -0.2) is 52.9 Å². The monoisotopic (exact) mass is 368 g/mol. The molecule has 2 aliphatic rings. The molecule has 4 heterocycles. The van der Waals surface area contributed by atoms with Crippen LogP contribution in [0.15, 0.2) is 10.9 Å². The number of hydrogen-bond donors (Lipinski definition) is 0. The lowest BCUT2D eigenvalue weighted by Crippen LogP contribution is -2.17. The third-order valence-corrected chi connectivity index (χ3v) is 7.07. The Labute approximate surface area is 145 Å². The van der Waals surface area contributed by atoms with Gasteiger partial charge in [-0.15, -0.1) is 11.3 Å². The summed E-state index contributed by atoms with van der Waals surface area (Å²) in [5.41, 5.74) is 2.75. The van der Waals surface area contributed by atoms with Crippen molar-refractivity contribution in [2.24, 2.45) is 0 Å². The highest BCUT2D eigenvalue weighted by atomic mass is 32.2. The van der Waals surface area contributed by atoms with Crippen LogP contribution >= 0.6 is 11.3 Å². The first-order valence-electron chi connectivity index (χ1n) is 8.21. The van der Waals surface area contributed by atoms with Crippen molar-refractivity contribution in [3.63, 3.8) is 0 Å². The molecule has 0 aromatic carbocycles. The molecule has 2 aromatic heterocycles. The van der Waals surface area contributed by atoms with Crippen LogP contribution in [0.25, 0.3) is 0 Å². The Morgan fingerprint density at radius 2 is 2.12 bits per heavy atom. The van der Waals surface area contributed by atoms with Crippen LogP contribution in [0.5, 0.6) is 0 Å². The maximum Gasteiger partial charge on any atom is 0.154 e. The highest BCUT2D eigenvalue weighted by Gasteiger charge is 2.33. The Morgan fingerprint density at radius 1 is 1.29 bits per heavy atom. The molecule has 2 saturated heterocycles. The normalized spacial score (nSPS) is 24.4. The number of thiazole rings is 1. The van der Waals surface area contributed by atoms with Gasteiger partial charge in [0.05, 0.1) is 35.2 Å². The molecular formula is C15H20N4O3S2. The summed E-state index contributed by atoms with van der Waals surface area (Å²) in [6.45, 7) is 1.47. The van der Waals surface area contributed by atoms with Crippen molar-refractivity contribution in [2.75, 3.05) is 24.7 Å². The van der Waals surface area contributed by atoms with E-state index in [4.69, 9.17) is 14.8 Å². The molecule has 7 nitrogen and oxygen atoms in total. The van der Waals surface area contributed by atoms with E-state index in [1.807, 2.05) is 10.1 Å². The molecule has 0 radical (unpaired) electrons. The Morgan fingerprint density at radius 3 is 2.79 bits per heavy atom. The van der Waals surface area contributed by atoms with E-state index in [9.17, 15) is 8.42 Å². The first-order chi connectivity index (χ1) is 11.6. The second-order valence-electron chi connectivity index (χ2n) is 6.43. The molecule has 0 aliphatic carbocycles. The Balaban J connectivity index is 1.65. The van der Waals surface area contributed by atoms with Gasteiger partial charge in [0.2, 0.25) is 0 Å². The van der Waals surface area contributed by atoms with Gasteiger partial charge in [-0.3, -0.25) is 0 Å². The molecule has 2 aromatic rings. The average Bonchev–Trinajstić information content (AvgIpc) is 3.29. The van der Waals surface area contributed by atoms with Gasteiger partial charge in [-0.2, -0.15) is 5.10 Å². The molecule has 4 rings (SSSR count). The Bertz CT molecular complexity index is 795. The lowest BCUT2D eigenvalue weighted by molar-refractivity contribution is 0.0835. The van der Waals surface area contributed by atoms with Crippen molar-refractivity contribution in [1.82, 2.24) is 19.7 Å². The number of hydrogen-bond acceptors (Lipinski definition) is 7. The van der Waals surface area contributed by atoms with Crippen LogP contribution in [0.4, 0.5) is 0 Å². The van der Waals surface area contributed by atoms with E-state index < -0.39 is 9.84 Å². The molecule has 2 aliphatic heterocycles. The Kier molecular flexibility index (Phi) is 4.40. The largest absolute Gasteiger partial charge is 0.381 e. The predicted molar refractivity (Wildman–Crippen MR) is 90.0 cm³/mol. The number of aromatic nitrogens is 4. The van der Waals surface area contributed by atoms with Gasteiger partial charge in [-0.05, 0) is 19.3 Å². The summed E-state index contributed by atoms with van der Waals surface area (Å²) >= 11 is 1.55. The van der Waals surface area contributed by atoms with Crippen LogP contribution in [-0.2, 0) is 21.0 Å². The SMILES string of the molecule is O=S1(=O)CCC(n2nc(C3CCOCC3)nc2Cc2cscn2)C1. The fourth-order valence-electron chi connectivity index (χ4n) is 3.37. The van der Waals surface area contributed by atoms with Gasteiger partial charge in [-0.1, -0.05) is 0 Å². The molecule has 0 spiro atoms. The van der Waals surface area contributed by atoms with Crippen molar-refractivity contribution in [3.8, 4) is 0 Å². The van der Waals surface area contributed by atoms with Crippen LogP contribution in [0.1, 0.15) is 48.6 Å². The summed E-state index contributed by atoms with van der Waals surface area (Å²) in [6, 6.07) is -0.107. The lowest BCUT2D eigenvalue weighted by atomic mass is 10.00. The molecular weight excluding hydrogens is 348 g/mol. The summed E-state index contributed by atoms with van der Waals surface area (Å²) in [4.78, 5) is 9.10. The van der Waals surface area contributed by atoms with Gasteiger partial charge in [0, 0.05) is 24.5 Å². The van der Waals surface area contributed by atoms with Crippen molar-refractivity contribution in [2.45, 2.75) is 37.6 Å². The van der Waals surface area contributed by atoms with Gasteiger partial charge in [0.1, 0.15) is 5.82 Å². The highest BCUT2D eigenvalue weighted by Crippen LogP contribution is 2.29. The minimum atomic E-state index is -2.96. The maximum atomic E-state index is 11.9. The van der Waals surface area contributed by atoms with Crippen LogP contribution in [0.3, 0.4) is 0 Å². The molecule has 9 heteroatoms. The van der Waals surface area contributed by atoms with E-state index in [0.29, 0.717) is 18.8 Å². The van der Waals surface area contributed by atoms with Gasteiger partial charge in [0.25, 0.3) is 0 Å². The smallest absolute Gasteiger partial charge is 0.154 e. The van der Waals surface area contributed by atoms with Gasteiger partial charge in [-0.25, -0.2) is 23.1 Å². The van der Waals surface area contributed by atoms with E-state index in [1.54, 1.807) is 16.8 Å². The second kappa shape index (κ2) is 6.53. The Hall–Kier alpha value is -1.32. The minimum Gasteiger partial charge on any atom is -0.381 e. The first kappa shape index (κ1) is 16.2. The number of rotatable bonds is 4. The standard InChI is InChI=1S/C15H20N4O3S2/c20-24(21)6-3-13(9-24)19-14(7-12-8-23-10-16-12)17-15(18-19)11-1-4-22-5-2-11/h8,10-11,13H,1-7,9H2. The van der Waals surface area contributed by atoms with Gasteiger partial charge < -0.3 is 4.74 Å². The maximum absolute atomic E-state index is 11.9. The molecule has 0 bridgehead atoms. The average molecular weight is 368 g/mol. The van der Waals surface area contributed by atoms with Crippen molar-refractivity contribution in [1.29, 1.82) is 0 Å². The molecule has 0 saturated carbocycles. The number of sulfone groups is 1. The summed E-state index contributed by atoms with van der Waals surface area (Å²) in [5.74, 6) is 2.35. The summed E-state index contributed by atoms with van der Waals surface area (Å²) in [7, 11) is -2.96. The zero-order valence-electron chi connectivity index (χ0n) is 13.3. The van der Waals surface area contributed by atoms with Gasteiger partial charge in [0.15, 0.2) is 15.7 Å². The topological polar surface area (TPSA) is 87.0 Å². The highest BCUT2D eigenvalue weighted by molar-refractivity contribution is 7.91. The van der Waals surface area contributed by atoms with Crippen LogP contribution in [0.2, 0.25) is 0 Å². The lowest BCUT2D eigenvalue weighted by Gasteiger charge is -2.19. The second-order valence-corrected chi connectivity index (χ2v) is 9.38. The fraction of sp³-hybridized carbons (Fsp3) is 0.667. The molecule has 0 amide bonds. The van der Waals surface area contributed by atoms with Crippen molar-refractivity contribution in [3.05, 3.63) is 28.2 Å². The van der Waals surface area contributed by atoms with E-state index in [1.165, 1.54) is 0 Å². The van der Waals surface area contributed by atoms with E-state index in [2.05, 4.69) is 4.98 Å². The zero-order chi connectivity index (χ0) is 16.6. The minimum absolute atomic E-state index is 0.107. The van der Waals surface area contributed by atoms with Crippen LogP contribution in [0, 0.1) is 0 Å². The quantitative estimate of drug-likeness (QED) is 0.814. The van der Waals surface area contributed by atoms with E-state index >= 15 is 0 Å². The van der Waals surface area contributed by atoms with Crippen LogP contribution < -0.4 is 0 Å². The van der Waals surface area contributed by atoms with E-state index in [-0.39, 0.29) is 17.5 Å². The molecule has 24 heavy (non-hydrogen) atoms. The molecule has 130 valence electrons. The third-order valence-electron chi connectivity index (χ3n) is 4.68. The molecule has 1 unspecified atom stereocenters. The fourth-order valence-corrected chi connectivity index (χ4v) is 5.62. The molecule has 2 fully saturated rings.